The fourth-order valence-electron chi connectivity index (χ4n) is 4.96. The van der Waals surface area contributed by atoms with Crippen LogP contribution in [0.2, 0.25) is 0 Å². The number of aryl methyl sites for hydroxylation is 2. The second-order valence-corrected chi connectivity index (χ2v) is 9.63. The Morgan fingerprint density at radius 1 is 0.909 bits per heavy atom. The maximum atomic E-state index is 2.55. The van der Waals surface area contributed by atoms with Crippen LogP contribution in [0.25, 0.3) is 22.6 Å². The normalized spacial score (nSPS) is 13.5. The lowest BCUT2D eigenvalue weighted by molar-refractivity contribution is 0.658. The summed E-state index contributed by atoms with van der Waals surface area (Å²) in [4.78, 5) is 0. The fraction of sp³-hybridized carbons (Fsp3) is 0.484. The van der Waals surface area contributed by atoms with Crippen LogP contribution in [0, 0.1) is 26.7 Å². The first-order chi connectivity index (χ1) is 15.9. The smallest absolute Gasteiger partial charge is 0.0492 e. The van der Waals surface area contributed by atoms with Gasteiger partial charge in [0.05, 0.1) is 0 Å². The summed E-state index contributed by atoms with van der Waals surface area (Å²) in [5.74, 6) is 0.602. The number of hydrogen-bond acceptors (Lipinski definition) is 0. The highest BCUT2D eigenvalue weighted by Gasteiger charge is 2.22. The number of rotatable bonds is 10. The number of aromatic nitrogens is 2. The minimum atomic E-state index is 0.602. The first-order valence-corrected chi connectivity index (χ1v) is 13.1. The maximum absolute atomic E-state index is 2.55. The largest absolute Gasteiger partial charge is 0.344 e. The van der Waals surface area contributed by atoms with Gasteiger partial charge >= 0.3 is 0 Å². The molecule has 0 radical (unpaired) electrons. The predicted molar refractivity (Wildman–Crippen MR) is 147 cm³/mol. The van der Waals surface area contributed by atoms with E-state index in [1.807, 2.05) is 0 Å². The van der Waals surface area contributed by atoms with Crippen LogP contribution >= 0.6 is 0 Å². The van der Waals surface area contributed by atoms with Crippen LogP contribution in [-0.4, -0.2) is 9.13 Å². The lowest BCUT2D eigenvalue weighted by atomic mass is 9.97. The van der Waals surface area contributed by atoms with Crippen LogP contribution in [-0.2, 0) is 13.1 Å². The summed E-state index contributed by atoms with van der Waals surface area (Å²) < 4.78 is 5.08. The summed E-state index contributed by atoms with van der Waals surface area (Å²) in [6.45, 7) is 20.3. The van der Waals surface area contributed by atoms with Crippen molar-refractivity contribution in [2.24, 2.45) is 5.92 Å². The molecule has 0 bridgehead atoms. The Hall–Kier alpha value is -2.48. The molecule has 1 unspecified atom stereocenters. The zero-order valence-corrected chi connectivity index (χ0v) is 22.3. The zero-order valence-electron chi connectivity index (χ0n) is 22.3. The van der Waals surface area contributed by atoms with E-state index < -0.39 is 0 Å². The van der Waals surface area contributed by atoms with Crippen LogP contribution in [0.3, 0.4) is 0 Å². The van der Waals surface area contributed by atoms with Crippen LogP contribution in [0.15, 0.2) is 36.4 Å². The zero-order chi connectivity index (χ0) is 24.1. The molecule has 178 valence electrons. The van der Waals surface area contributed by atoms with Gasteiger partial charge in [0.25, 0.3) is 0 Å². The molecular formula is C31H44N2. The van der Waals surface area contributed by atoms with Gasteiger partial charge in [0, 0.05) is 52.2 Å². The van der Waals surface area contributed by atoms with Crippen LogP contribution in [0.5, 0.6) is 0 Å². The third-order valence-corrected chi connectivity index (χ3v) is 6.98. The molecule has 0 saturated heterocycles. The van der Waals surface area contributed by atoms with Gasteiger partial charge in [-0.2, -0.15) is 0 Å². The van der Waals surface area contributed by atoms with E-state index in [0.29, 0.717) is 5.92 Å². The Kier molecular flexibility index (Phi) is 8.46. The Bertz CT molecular complexity index is 1150. The number of benzene rings is 1. The molecule has 0 spiro atoms. The topological polar surface area (TPSA) is 9.86 Å². The molecule has 1 aromatic carbocycles. The third kappa shape index (κ3) is 5.05. The first-order valence-electron chi connectivity index (χ1n) is 13.1. The van der Waals surface area contributed by atoms with Gasteiger partial charge in [-0.3, -0.25) is 0 Å². The second-order valence-electron chi connectivity index (χ2n) is 9.63. The number of allylic oxidation sites excluding steroid dienone is 2. The van der Waals surface area contributed by atoms with Crippen molar-refractivity contribution in [2.45, 2.75) is 94.2 Å². The molecule has 0 N–H and O–H groups in total. The minimum Gasteiger partial charge on any atom is -0.344 e. The summed E-state index contributed by atoms with van der Waals surface area (Å²) in [5, 5.41) is 1.39. The van der Waals surface area contributed by atoms with Gasteiger partial charge in [-0.1, -0.05) is 70.9 Å². The Morgan fingerprint density at radius 2 is 1.61 bits per heavy atom. The van der Waals surface area contributed by atoms with Crippen molar-refractivity contribution < 1.29 is 0 Å². The Balaban J connectivity index is 2.29. The SMILES string of the molecule is CC/C=C(/c1c(C)n(CCC)c2ccc(C)cc12)c1cc(/C=C\C(C)CC)c(C)n1CCC. The minimum absolute atomic E-state index is 0.602. The average Bonchev–Trinajstić information content (AvgIpc) is 3.25. The predicted octanol–water partition coefficient (Wildman–Crippen LogP) is 9.09. The van der Waals surface area contributed by atoms with Crippen molar-refractivity contribution >= 4 is 22.6 Å². The average molecular weight is 445 g/mol. The van der Waals surface area contributed by atoms with Gasteiger partial charge in [0.2, 0.25) is 0 Å². The van der Waals surface area contributed by atoms with Crippen molar-refractivity contribution in [1.82, 2.24) is 9.13 Å². The van der Waals surface area contributed by atoms with E-state index in [4.69, 9.17) is 0 Å². The number of hydrogen-bond donors (Lipinski definition) is 0. The molecule has 0 aliphatic rings. The van der Waals surface area contributed by atoms with Gasteiger partial charge in [0.1, 0.15) is 0 Å². The van der Waals surface area contributed by atoms with Crippen molar-refractivity contribution in [3.63, 3.8) is 0 Å². The van der Waals surface area contributed by atoms with Crippen molar-refractivity contribution in [3.05, 3.63) is 70.2 Å². The lowest BCUT2D eigenvalue weighted by Gasteiger charge is -2.15. The molecule has 2 aromatic heterocycles. The van der Waals surface area contributed by atoms with E-state index in [1.165, 1.54) is 56.7 Å². The molecule has 2 nitrogen and oxygen atoms in total. The molecule has 3 aromatic rings. The van der Waals surface area contributed by atoms with Crippen molar-refractivity contribution in [1.29, 1.82) is 0 Å². The van der Waals surface area contributed by atoms with Crippen molar-refractivity contribution in [3.8, 4) is 0 Å². The molecule has 0 aliphatic carbocycles. The maximum Gasteiger partial charge on any atom is 0.0492 e. The standard InChI is InChI=1S/C31H44N2/c1-9-13-27(30-21-26(16-14-22(5)12-4)24(7)32(30)18-10-2)31-25(8)33(19-11-3)29-17-15-23(6)20-28(29)31/h13-17,20-22H,9-12,18-19H2,1-8H3/b16-14-,27-13+. The van der Waals surface area contributed by atoms with Crippen LogP contribution in [0.1, 0.15) is 94.1 Å². The molecule has 33 heavy (non-hydrogen) atoms. The quantitative estimate of drug-likeness (QED) is 0.295. The van der Waals surface area contributed by atoms with E-state index in [1.54, 1.807) is 0 Å². The van der Waals surface area contributed by atoms with Gasteiger partial charge in [-0.25, -0.2) is 0 Å². The first kappa shape index (κ1) is 25.1. The summed E-state index contributed by atoms with van der Waals surface area (Å²) in [5.41, 5.74) is 11.0. The second kappa shape index (κ2) is 11.1. The van der Waals surface area contributed by atoms with E-state index in [-0.39, 0.29) is 0 Å². The van der Waals surface area contributed by atoms with Gasteiger partial charge < -0.3 is 9.13 Å². The monoisotopic (exact) mass is 444 g/mol. The fourth-order valence-corrected chi connectivity index (χ4v) is 4.96. The molecule has 0 saturated carbocycles. The molecule has 0 aliphatic heterocycles. The summed E-state index contributed by atoms with van der Waals surface area (Å²) in [6.07, 6.45) is 11.6. The number of fused-ring (bicyclic) bond motifs is 1. The summed E-state index contributed by atoms with van der Waals surface area (Å²) in [6, 6.07) is 9.39. The molecule has 0 fully saturated rings. The number of nitrogens with zero attached hydrogens (tertiary/aromatic N) is 2. The summed E-state index contributed by atoms with van der Waals surface area (Å²) in [7, 11) is 0. The molecular weight excluding hydrogens is 400 g/mol. The van der Waals surface area contributed by atoms with Crippen LogP contribution < -0.4 is 0 Å². The highest BCUT2D eigenvalue weighted by atomic mass is 15.0. The van der Waals surface area contributed by atoms with Gasteiger partial charge in [0.15, 0.2) is 0 Å². The Labute approximate surface area is 202 Å². The van der Waals surface area contributed by atoms with E-state index in [9.17, 15) is 0 Å². The molecule has 0 amide bonds. The highest BCUT2D eigenvalue weighted by molar-refractivity contribution is 5.99. The van der Waals surface area contributed by atoms with Crippen molar-refractivity contribution in [2.75, 3.05) is 0 Å². The molecule has 2 heterocycles. The molecule has 1 atom stereocenters. The molecule has 2 heteroatoms. The Morgan fingerprint density at radius 3 is 2.24 bits per heavy atom. The summed E-state index contributed by atoms with van der Waals surface area (Å²) >= 11 is 0. The van der Waals surface area contributed by atoms with E-state index >= 15 is 0 Å². The molecule has 3 rings (SSSR count). The van der Waals surface area contributed by atoms with Crippen LogP contribution in [0.4, 0.5) is 0 Å². The van der Waals surface area contributed by atoms with E-state index in [2.05, 4.69) is 107 Å². The highest BCUT2D eigenvalue weighted by Crippen LogP contribution is 2.38. The lowest BCUT2D eigenvalue weighted by Crippen LogP contribution is -2.06. The third-order valence-electron chi connectivity index (χ3n) is 6.98. The van der Waals surface area contributed by atoms with Gasteiger partial charge in [-0.05, 0) is 69.7 Å². The van der Waals surface area contributed by atoms with Gasteiger partial charge in [-0.15, -0.1) is 0 Å². The van der Waals surface area contributed by atoms with E-state index in [0.717, 1.165) is 32.4 Å².